The van der Waals surface area contributed by atoms with Crippen LogP contribution < -0.4 is 5.46 Å². The molecule has 1 aromatic carbocycles. The van der Waals surface area contributed by atoms with Gasteiger partial charge in [-0.2, -0.15) is 0 Å². The molecule has 3 nitrogen and oxygen atoms in total. The van der Waals surface area contributed by atoms with Crippen LogP contribution >= 0.6 is 0 Å². The zero-order valence-corrected chi connectivity index (χ0v) is 14.1. The van der Waals surface area contributed by atoms with Crippen molar-refractivity contribution in [2.45, 2.75) is 45.4 Å². The highest BCUT2D eigenvalue weighted by atomic mass is 16.7. The molecule has 1 saturated heterocycles. The van der Waals surface area contributed by atoms with Gasteiger partial charge in [-0.1, -0.05) is 30.9 Å². The summed E-state index contributed by atoms with van der Waals surface area (Å²) < 4.78 is 12.4. The van der Waals surface area contributed by atoms with Gasteiger partial charge >= 0.3 is 7.12 Å². The normalized spacial score (nSPS) is 20.0. The average molecular weight is 287 g/mol. The highest BCUT2D eigenvalue weighted by Gasteiger charge is 2.52. The van der Waals surface area contributed by atoms with Crippen LogP contribution in [0.2, 0.25) is 0 Å². The van der Waals surface area contributed by atoms with E-state index in [-0.39, 0.29) is 18.3 Å². The number of hydrogen-bond donors (Lipinski definition) is 0. The SMILES string of the molecule is C=Cc1ccc(CN(C)C)c(B2OC(C)(C)C(C)(C)O2)c1. The second kappa shape index (κ2) is 5.60. The molecule has 1 fully saturated rings. The van der Waals surface area contributed by atoms with E-state index >= 15 is 0 Å². The molecule has 0 aromatic heterocycles. The first-order valence-corrected chi connectivity index (χ1v) is 7.42. The minimum absolute atomic E-state index is 0.322. The lowest BCUT2D eigenvalue weighted by Crippen LogP contribution is -2.41. The lowest BCUT2D eigenvalue weighted by atomic mass is 9.75. The first kappa shape index (κ1) is 16.3. The summed E-state index contributed by atoms with van der Waals surface area (Å²) in [5.41, 5.74) is 2.76. The van der Waals surface area contributed by atoms with E-state index in [1.807, 2.05) is 6.08 Å². The van der Waals surface area contributed by atoms with Crippen molar-refractivity contribution in [3.63, 3.8) is 0 Å². The van der Waals surface area contributed by atoms with Crippen molar-refractivity contribution in [1.82, 2.24) is 4.90 Å². The van der Waals surface area contributed by atoms with Crippen LogP contribution in [-0.4, -0.2) is 37.3 Å². The maximum atomic E-state index is 6.20. The van der Waals surface area contributed by atoms with Gasteiger partial charge in [-0.05, 0) is 58.4 Å². The average Bonchev–Trinajstić information content (AvgIpc) is 2.58. The summed E-state index contributed by atoms with van der Waals surface area (Å²) in [6.07, 6.45) is 1.86. The van der Waals surface area contributed by atoms with Crippen molar-refractivity contribution in [3.8, 4) is 0 Å². The Balaban J connectivity index is 2.40. The number of hydrogen-bond acceptors (Lipinski definition) is 3. The summed E-state index contributed by atoms with van der Waals surface area (Å²) >= 11 is 0. The molecular formula is C17H26BNO2. The Morgan fingerprint density at radius 3 is 2.19 bits per heavy atom. The molecule has 0 atom stereocenters. The van der Waals surface area contributed by atoms with Crippen LogP contribution in [0.25, 0.3) is 6.08 Å². The maximum absolute atomic E-state index is 6.20. The van der Waals surface area contributed by atoms with Crippen LogP contribution in [0.1, 0.15) is 38.8 Å². The smallest absolute Gasteiger partial charge is 0.399 e. The maximum Gasteiger partial charge on any atom is 0.495 e. The van der Waals surface area contributed by atoms with Crippen molar-refractivity contribution in [2.24, 2.45) is 0 Å². The highest BCUT2D eigenvalue weighted by molar-refractivity contribution is 6.62. The van der Waals surface area contributed by atoms with Gasteiger partial charge in [0, 0.05) is 6.54 Å². The van der Waals surface area contributed by atoms with E-state index in [1.54, 1.807) is 0 Å². The topological polar surface area (TPSA) is 21.7 Å². The third-order valence-electron chi connectivity index (χ3n) is 4.40. The molecule has 0 unspecified atom stereocenters. The summed E-state index contributed by atoms with van der Waals surface area (Å²) in [5, 5.41) is 0. The fourth-order valence-electron chi connectivity index (χ4n) is 2.41. The zero-order chi connectivity index (χ0) is 15.8. The molecule has 0 saturated carbocycles. The van der Waals surface area contributed by atoms with E-state index in [1.165, 1.54) is 5.56 Å². The number of rotatable bonds is 4. The zero-order valence-electron chi connectivity index (χ0n) is 14.1. The second-order valence-corrected chi connectivity index (χ2v) is 6.99. The van der Waals surface area contributed by atoms with E-state index in [0.717, 1.165) is 17.6 Å². The Bertz CT molecular complexity index is 522. The molecule has 0 spiro atoms. The Labute approximate surface area is 129 Å². The quantitative estimate of drug-likeness (QED) is 0.795. The van der Waals surface area contributed by atoms with E-state index < -0.39 is 0 Å². The van der Waals surface area contributed by atoms with E-state index in [0.29, 0.717) is 0 Å². The Morgan fingerprint density at radius 1 is 1.14 bits per heavy atom. The molecular weight excluding hydrogens is 261 g/mol. The van der Waals surface area contributed by atoms with Crippen LogP contribution in [-0.2, 0) is 15.9 Å². The standard InChI is InChI=1S/C17H26BNO2/c1-8-13-9-10-14(12-19(6)7)15(11-13)18-20-16(2,3)17(4,5)21-18/h8-11H,1,12H2,2-7H3. The molecule has 0 amide bonds. The molecule has 1 aliphatic heterocycles. The first-order chi connectivity index (χ1) is 9.66. The molecule has 0 radical (unpaired) electrons. The molecule has 0 bridgehead atoms. The van der Waals surface area contributed by atoms with Crippen LogP contribution in [0.5, 0.6) is 0 Å². The highest BCUT2D eigenvalue weighted by Crippen LogP contribution is 2.36. The van der Waals surface area contributed by atoms with Crippen LogP contribution in [0.4, 0.5) is 0 Å². The third-order valence-corrected chi connectivity index (χ3v) is 4.40. The second-order valence-electron chi connectivity index (χ2n) is 6.99. The minimum atomic E-state index is -0.329. The lowest BCUT2D eigenvalue weighted by molar-refractivity contribution is 0.00578. The van der Waals surface area contributed by atoms with Gasteiger partial charge in [0.1, 0.15) is 0 Å². The van der Waals surface area contributed by atoms with Gasteiger partial charge in [-0.3, -0.25) is 0 Å². The fraction of sp³-hybridized carbons (Fsp3) is 0.529. The molecule has 0 N–H and O–H groups in total. The van der Waals surface area contributed by atoms with E-state index in [2.05, 4.69) is 71.5 Å². The number of nitrogens with zero attached hydrogens (tertiary/aromatic N) is 1. The molecule has 1 heterocycles. The van der Waals surface area contributed by atoms with Crippen LogP contribution in [0.15, 0.2) is 24.8 Å². The Kier molecular flexibility index (Phi) is 4.34. The Hall–Kier alpha value is -1.10. The summed E-state index contributed by atoms with van der Waals surface area (Å²) in [5.74, 6) is 0. The van der Waals surface area contributed by atoms with Gasteiger partial charge in [0.25, 0.3) is 0 Å². The molecule has 2 rings (SSSR count). The van der Waals surface area contributed by atoms with E-state index in [9.17, 15) is 0 Å². The summed E-state index contributed by atoms with van der Waals surface area (Å²) in [6.45, 7) is 13.0. The van der Waals surface area contributed by atoms with Crippen LogP contribution in [0.3, 0.4) is 0 Å². The molecule has 21 heavy (non-hydrogen) atoms. The third kappa shape index (κ3) is 3.23. The molecule has 4 heteroatoms. The van der Waals surface area contributed by atoms with Gasteiger partial charge in [0.05, 0.1) is 11.2 Å². The van der Waals surface area contributed by atoms with Crippen molar-refractivity contribution < 1.29 is 9.31 Å². The van der Waals surface area contributed by atoms with Crippen LogP contribution in [0, 0.1) is 0 Å². The summed E-state index contributed by atoms with van der Waals surface area (Å²) in [4.78, 5) is 2.15. The van der Waals surface area contributed by atoms with E-state index in [4.69, 9.17) is 9.31 Å². The van der Waals surface area contributed by atoms with Crippen molar-refractivity contribution in [1.29, 1.82) is 0 Å². The number of benzene rings is 1. The molecule has 114 valence electrons. The summed E-state index contributed by atoms with van der Waals surface area (Å²) in [7, 11) is 3.80. The molecule has 1 aliphatic rings. The lowest BCUT2D eigenvalue weighted by Gasteiger charge is -2.32. The minimum Gasteiger partial charge on any atom is -0.399 e. The summed E-state index contributed by atoms with van der Waals surface area (Å²) in [6, 6.07) is 6.34. The predicted octanol–water partition coefficient (Wildman–Crippen LogP) is 2.69. The molecule has 1 aromatic rings. The van der Waals surface area contributed by atoms with Gasteiger partial charge in [-0.15, -0.1) is 0 Å². The molecule has 0 aliphatic carbocycles. The van der Waals surface area contributed by atoms with Gasteiger partial charge < -0.3 is 14.2 Å². The van der Waals surface area contributed by atoms with Gasteiger partial charge in [-0.25, -0.2) is 0 Å². The Morgan fingerprint density at radius 2 is 1.71 bits per heavy atom. The van der Waals surface area contributed by atoms with Crippen molar-refractivity contribution >= 4 is 18.7 Å². The van der Waals surface area contributed by atoms with Crippen molar-refractivity contribution in [3.05, 3.63) is 35.9 Å². The first-order valence-electron chi connectivity index (χ1n) is 7.42. The monoisotopic (exact) mass is 287 g/mol. The largest absolute Gasteiger partial charge is 0.495 e. The van der Waals surface area contributed by atoms with Crippen molar-refractivity contribution in [2.75, 3.05) is 14.1 Å². The van der Waals surface area contributed by atoms with Gasteiger partial charge in [0.15, 0.2) is 0 Å². The van der Waals surface area contributed by atoms with Gasteiger partial charge in [0.2, 0.25) is 0 Å². The predicted molar refractivity (Wildman–Crippen MR) is 89.6 cm³/mol. The fourth-order valence-corrected chi connectivity index (χ4v) is 2.41.